The molecule has 0 saturated heterocycles. The van der Waals surface area contributed by atoms with E-state index in [2.05, 4.69) is 19.9 Å². The van der Waals surface area contributed by atoms with Crippen molar-refractivity contribution in [3.05, 3.63) is 11.6 Å². The van der Waals surface area contributed by atoms with Crippen molar-refractivity contribution >= 4 is 10.8 Å². The maximum Gasteiger partial charge on any atom is 0.0767 e. The van der Waals surface area contributed by atoms with Gasteiger partial charge in [-0.15, -0.1) is 0 Å². The summed E-state index contributed by atoms with van der Waals surface area (Å²) in [6, 6.07) is 0. The van der Waals surface area contributed by atoms with Gasteiger partial charge in [0.1, 0.15) is 0 Å². The van der Waals surface area contributed by atoms with E-state index in [0.717, 1.165) is 38.0 Å². The molecule has 4 aliphatic carbocycles. The van der Waals surface area contributed by atoms with Crippen LogP contribution in [-0.4, -0.2) is 38.1 Å². The molecule has 9 atom stereocenters. The predicted octanol–water partition coefficient (Wildman–Crippen LogP) is 4.06. The second-order valence-electron chi connectivity index (χ2n) is 10.9. The van der Waals surface area contributed by atoms with Crippen LogP contribution in [0.1, 0.15) is 72.1 Å². The zero-order valence-corrected chi connectivity index (χ0v) is 18.4. The van der Waals surface area contributed by atoms with Gasteiger partial charge in [-0.25, -0.2) is 0 Å². The van der Waals surface area contributed by atoms with Crippen LogP contribution in [0.25, 0.3) is 0 Å². The molecule has 4 heteroatoms. The van der Waals surface area contributed by atoms with Gasteiger partial charge in [0.15, 0.2) is 0 Å². The molecule has 0 bridgehead atoms. The predicted molar refractivity (Wildman–Crippen MR) is 111 cm³/mol. The molecule has 4 rings (SSSR count). The molecule has 0 aromatic rings. The van der Waals surface area contributed by atoms with Crippen molar-refractivity contribution in [2.45, 2.75) is 83.8 Å². The highest BCUT2D eigenvalue weighted by Gasteiger charge is 2.61. The zero-order valence-electron chi connectivity index (χ0n) is 17.5. The topological polar surface area (TPSA) is 57.5 Å². The van der Waals surface area contributed by atoms with Crippen molar-refractivity contribution in [1.29, 1.82) is 0 Å². The van der Waals surface area contributed by atoms with Crippen LogP contribution < -0.4 is 0 Å². The van der Waals surface area contributed by atoms with Gasteiger partial charge in [0.05, 0.1) is 17.5 Å². The van der Waals surface area contributed by atoms with Crippen molar-refractivity contribution in [2.24, 2.45) is 34.5 Å². The maximum atomic E-state index is 11.9. The largest absolute Gasteiger partial charge is 0.393 e. The molecule has 0 spiro atoms. The van der Waals surface area contributed by atoms with Crippen LogP contribution in [0.2, 0.25) is 0 Å². The minimum absolute atomic E-state index is 0.143. The highest BCUT2D eigenvalue weighted by molar-refractivity contribution is 7.84. The highest BCUT2D eigenvalue weighted by atomic mass is 32.2. The Morgan fingerprint density at radius 2 is 1.93 bits per heavy atom. The van der Waals surface area contributed by atoms with Crippen LogP contribution in [0.3, 0.4) is 0 Å². The van der Waals surface area contributed by atoms with Crippen molar-refractivity contribution in [3.63, 3.8) is 0 Å². The molecule has 2 N–H and O–H groups in total. The van der Waals surface area contributed by atoms with Crippen LogP contribution in [0.4, 0.5) is 0 Å². The first kappa shape index (κ1) is 20.1. The second kappa shape index (κ2) is 6.67. The Labute approximate surface area is 167 Å². The normalized spacial score (nSPS) is 50.0. The number of hydrogen-bond donors (Lipinski definition) is 2. The van der Waals surface area contributed by atoms with Crippen molar-refractivity contribution in [1.82, 2.24) is 0 Å². The van der Waals surface area contributed by atoms with Gasteiger partial charge in [0, 0.05) is 17.1 Å². The average Bonchev–Trinajstić information content (AvgIpc) is 2.92. The Morgan fingerprint density at radius 1 is 1.19 bits per heavy atom. The third kappa shape index (κ3) is 3.09. The first-order chi connectivity index (χ1) is 12.6. The third-order valence-electron chi connectivity index (χ3n) is 9.32. The molecule has 0 amide bonds. The molecule has 27 heavy (non-hydrogen) atoms. The Kier molecular flexibility index (Phi) is 4.96. The van der Waals surface area contributed by atoms with E-state index in [4.69, 9.17) is 0 Å². The standard InChI is InChI=1S/C23H38O3S/c1-21-11-9-16(24)13-15(21)5-6-17-18-7-8-20(23(3,25)14-27(4)26)22(18,2)12-10-19(17)21/h5,16-20,24-25H,6-14H2,1-4H3. The van der Waals surface area contributed by atoms with Gasteiger partial charge in [0.25, 0.3) is 0 Å². The van der Waals surface area contributed by atoms with E-state index in [9.17, 15) is 14.4 Å². The average molecular weight is 395 g/mol. The Morgan fingerprint density at radius 3 is 2.63 bits per heavy atom. The van der Waals surface area contributed by atoms with Crippen LogP contribution in [0, 0.1) is 34.5 Å². The van der Waals surface area contributed by atoms with E-state index in [0.29, 0.717) is 17.6 Å². The monoisotopic (exact) mass is 394 g/mol. The Hall–Kier alpha value is -0.190. The molecule has 4 aliphatic rings. The van der Waals surface area contributed by atoms with E-state index in [-0.39, 0.29) is 22.9 Å². The lowest BCUT2D eigenvalue weighted by atomic mass is 9.47. The molecule has 0 aromatic heterocycles. The fourth-order valence-corrected chi connectivity index (χ4v) is 9.20. The number of aliphatic hydroxyl groups is 2. The molecule has 9 unspecified atom stereocenters. The Bertz CT molecular complexity index is 656. The van der Waals surface area contributed by atoms with Crippen molar-refractivity contribution in [3.8, 4) is 0 Å². The molecule has 0 aliphatic heterocycles. The fraction of sp³-hybridized carbons (Fsp3) is 0.913. The summed E-state index contributed by atoms with van der Waals surface area (Å²) in [7, 11) is -0.968. The van der Waals surface area contributed by atoms with E-state index in [1.807, 2.05) is 6.92 Å². The summed E-state index contributed by atoms with van der Waals surface area (Å²) in [6.45, 7) is 6.82. The van der Waals surface area contributed by atoms with Crippen LogP contribution in [-0.2, 0) is 10.8 Å². The summed E-state index contributed by atoms with van der Waals surface area (Å²) in [6.07, 6.45) is 12.8. The summed E-state index contributed by atoms with van der Waals surface area (Å²) in [4.78, 5) is 0. The van der Waals surface area contributed by atoms with Gasteiger partial charge in [-0.2, -0.15) is 0 Å². The van der Waals surface area contributed by atoms with Crippen LogP contribution >= 0.6 is 0 Å². The van der Waals surface area contributed by atoms with E-state index < -0.39 is 16.4 Å². The fourth-order valence-electron chi connectivity index (χ4n) is 8.18. The molecule has 0 radical (unpaired) electrons. The molecule has 3 saturated carbocycles. The molecule has 0 aromatic carbocycles. The van der Waals surface area contributed by atoms with Crippen molar-refractivity contribution < 1.29 is 14.4 Å². The molecular formula is C23H38O3S. The number of hydrogen-bond acceptors (Lipinski definition) is 3. The number of allylic oxidation sites excluding steroid dienone is 1. The highest BCUT2D eigenvalue weighted by Crippen LogP contribution is 2.67. The van der Waals surface area contributed by atoms with E-state index >= 15 is 0 Å². The van der Waals surface area contributed by atoms with Gasteiger partial charge in [-0.05, 0) is 92.8 Å². The lowest BCUT2D eigenvalue weighted by Gasteiger charge is -2.58. The smallest absolute Gasteiger partial charge is 0.0767 e. The van der Waals surface area contributed by atoms with Crippen LogP contribution in [0.5, 0.6) is 0 Å². The summed E-state index contributed by atoms with van der Waals surface area (Å²) >= 11 is 0. The van der Waals surface area contributed by atoms with E-state index in [1.54, 1.807) is 6.26 Å². The summed E-state index contributed by atoms with van der Waals surface area (Å²) in [5.41, 5.74) is 1.13. The van der Waals surface area contributed by atoms with Crippen molar-refractivity contribution in [2.75, 3.05) is 12.0 Å². The SMILES string of the molecule is CS(=O)CC(C)(O)C1CCC2C3CC=C4CC(O)CCC4(C)C3CCC21C. The van der Waals surface area contributed by atoms with Gasteiger partial charge < -0.3 is 10.2 Å². The summed E-state index contributed by atoms with van der Waals surface area (Å²) < 4.78 is 11.9. The van der Waals surface area contributed by atoms with Crippen LogP contribution in [0.15, 0.2) is 11.6 Å². The lowest BCUT2D eigenvalue weighted by Crippen LogP contribution is -2.54. The second-order valence-corrected chi connectivity index (χ2v) is 12.3. The first-order valence-corrected chi connectivity index (χ1v) is 12.7. The third-order valence-corrected chi connectivity index (χ3v) is 10.3. The molecule has 0 heterocycles. The minimum atomic E-state index is -0.968. The Balaban J connectivity index is 1.62. The number of aliphatic hydroxyl groups excluding tert-OH is 1. The minimum Gasteiger partial charge on any atom is -0.393 e. The molecule has 3 nitrogen and oxygen atoms in total. The quantitative estimate of drug-likeness (QED) is 0.710. The van der Waals surface area contributed by atoms with E-state index in [1.165, 1.54) is 24.8 Å². The molecule has 3 fully saturated rings. The maximum absolute atomic E-state index is 11.9. The van der Waals surface area contributed by atoms with Gasteiger partial charge in [0.2, 0.25) is 0 Å². The van der Waals surface area contributed by atoms with Gasteiger partial charge in [-0.1, -0.05) is 25.5 Å². The molecular weight excluding hydrogens is 356 g/mol. The summed E-state index contributed by atoms with van der Waals surface area (Å²) in [5, 5.41) is 21.4. The van der Waals surface area contributed by atoms with Gasteiger partial charge >= 0.3 is 0 Å². The number of fused-ring (bicyclic) bond motifs is 5. The molecule has 154 valence electrons. The summed E-state index contributed by atoms with van der Waals surface area (Å²) in [5.74, 6) is 2.76. The lowest BCUT2D eigenvalue weighted by molar-refractivity contribution is -0.0933. The first-order valence-electron chi connectivity index (χ1n) is 11.0. The van der Waals surface area contributed by atoms with Gasteiger partial charge in [-0.3, -0.25) is 4.21 Å². The number of rotatable bonds is 3. The zero-order chi connectivity index (χ0) is 19.6.